The van der Waals surface area contributed by atoms with Gasteiger partial charge >= 0.3 is 0 Å². The summed E-state index contributed by atoms with van der Waals surface area (Å²) in [6.07, 6.45) is 0.834. The van der Waals surface area contributed by atoms with Gasteiger partial charge in [0.2, 0.25) is 0 Å². The maximum absolute atomic E-state index is 14.5. The molecule has 0 aliphatic carbocycles. The van der Waals surface area contributed by atoms with E-state index >= 15 is 0 Å². The van der Waals surface area contributed by atoms with Crippen LogP contribution in [0.4, 0.5) is 4.39 Å². The molecule has 7 nitrogen and oxygen atoms in total. The van der Waals surface area contributed by atoms with Gasteiger partial charge in [0.05, 0.1) is 42.1 Å². The number of hydrogen-bond donors (Lipinski definition) is 1. The first-order chi connectivity index (χ1) is 18.4. The number of morpholine rings is 1. The van der Waals surface area contributed by atoms with E-state index in [1.165, 1.54) is 22.7 Å². The number of aromatic nitrogens is 3. The molecule has 9 heteroatoms. The highest BCUT2D eigenvalue weighted by Gasteiger charge is 2.20. The Morgan fingerprint density at radius 3 is 2.63 bits per heavy atom. The van der Waals surface area contributed by atoms with Gasteiger partial charge in [0.1, 0.15) is 18.9 Å². The number of ketones is 1. The molecule has 2 aromatic heterocycles. The average molecular weight is 536 g/mol. The van der Waals surface area contributed by atoms with Crippen LogP contribution in [-0.4, -0.2) is 58.5 Å². The molecule has 0 atom stereocenters. The Labute approximate surface area is 225 Å². The molecule has 4 aromatic rings. The Morgan fingerprint density at radius 1 is 1.11 bits per heavy atom. The molecule has 0 bridgehead atoms. The topological polar surface area (TPSA) is 70.6 Å². The molecule has 1 saturated heterocycles. The second-order valence-corrected chi connectivity index (χ2v) is 10.6. The van der Waals surface area contributed by atoms with Crippen LogP contribution in [0.2, 0.25) is 0 Å². The molecule has 198 valence electrons. The average Bonchev–Trinajstić information content (AvgIpc) is 3.23. The summed E-state index contributed by atoms with van der Waals surface area (Å²) < 4.78 is 23.4. The van der Waals surface area contributed by atoms with E-state index in [1.807, 2.05) is 32.0 Å². The van der Waals surface area contributed by atoms with E-state index < -0.39 is 0 Å². The zero-order valence-corrected chi connectivity index (χ0v) is 22.5. The molecule has 2 aromatic carbocycles. The molecule has 5 rings (SSSR count). The summed E-state index contributed by atoms with van der Waals surface area (Å²) in [7, 11) is 0. The van der Waals surface area contributed by atoms with Crippen LogP contribution in [0.5, 0.6) is 0 Å². The van der Waals surface area contributed by atoms with E-state index in [0.29, 0.717) is 39.5 Å². The van der Waals surface area contributed by atoms with E-state index in [9.17, 15) is 14.0 Å². The van der Waals surface area contributed by atoms with Gasteiger partial charge in [-0.25, -0.2) is 9.37 Å². The van der Waals surface area contributed by atoms with Crippen LogP contribution in [0, 0.1) is 19.7 Å². The zero-order chi connectivity index (χ0) is 26.6. The number of thioether (sulfide) groups is 1. The fraction of sp³-hybridized carbons (Fsp3) is 0.345. The van der Waals surface area contributed by atoms with Gasteiger partial charge < -0.3 is 14.2 Å². The van der Waals surface area contributed by atoms with Crippen LogP contribution in [0.1, 0.15) is 28.2 Å². The van der Waals surface area contributed by atoms with Crippen molar-refractivity contribution in [3.63, 3.8) is 0 Å². The number of benzene rings is 2. The molecule has 1 aliphatic rings. The maximum Gasteiger partial charge on any atom is 0.262 e. The summed E-state index contributed by atoms with van der Waals surface area (Å²) in [5, 5.41) is 1.12. The number of carbonyl (C=O) groups excluding carboxylic acids is 1. The third-order valence-electron chi connectivity index (χ3n) is 7.10. The monoisotopic (exact) mass is 535 g/mol. The van der Waals surface area contributed by atoms with Crippen LogP contribution in [0.3, 0.4) is 0 Å². The summed E-state index contributed by atoms with van der Waals surface area (Å²) >= 11 is 1.28. The summed E-state index contributed by atoms with van der Waals surface area (Å²) in [5.74, 6) is -0.301. The number of nitrogens with one attached hydrogen (secondary N) is 1. The molecular formula is C29H32FN4O3S+. The van der Waals surface area contributed by atoms with Crippen molar-refractivity contribution in [2.45, 2.75) is 32.0 Å². The third kappa shape index (κ3) is 5.45. The number of halogens is 1. The van der Waals surface area contributed by atoms with E-state index in [4.69, 9.17) is 9.72 Å². The maximum atomic E-state index is 14.5. The van der Waals surface area contributed by atoms with Gasteiger partial charge in [-0.05, 0) is 44.2 Å². The highest BCUT2D eigenvalue weighted by atomic mass is 32.2. The van der Waals surface area contributed by atoms with Gasteiger partial charge in [0, 0.05) is 29.9 Å². The Hall–Kier alpha value is -3.27. The standard InChI is InChI=1S/C29H31FN4O3S/c1-20-18-23(21(2)34(20)26-11-6-4-9-24(26)30)27(35)19-38-29-31-25-10-5-3-8-22(25)28(36)33(29)13-7-12-32-14-16-37-17-15-32/h3-6,8-11,18H,7,12-17,19H2,1-2H3/p+1. The minimum absolute atomic E-state index is 0.0831. The van der Waals surface area contributed by atoms with Crippen LogP contribution in [-0.2, 0) is 11.3 Å². The van der Waals surface area contributed by atoms with Crippen molar-refractivity contribution in [1.82, 2.24) is 14.1 Å². The highest BCUT2D eigenvalue weighted by molar-refractivity contribution is 7.99. The molecule has 0 spiro atoms. The number of quaternary nitrogens is 1. The van der Waals surface area contributed by atoms with Crippen molar-refractivity contribution >= 4 is 28.4 Å². The van der Waals surface area contributed by atoms with Crippen molar-refractivity contribution in [3.8, 4) is 5.69 Å². The van der Waals surface area contributed by atoms with Gasteiger partial charge in [-0.15, -0.1) is 0 Å². The fourth-order valence-electron chi connectivity index (χ4n) is 5.11. The SMILES string of the molecule is Cc1cc(C(=O)CSc2nc3ccccc3c(=O)n2CCC[NH+]2CCOCC2)c(C)n1-c1ccccc1F. The number of ether oxygens (including phenoxy) is 1. The highest BCUT2D eigenvalue weighted by Crippen LogP contribution is 2.25. The van der Waals surface area contributed by atoms with Crippen molar-refractivity contribution < 1.29 is 18.8 Å². The number of para-hydroxylation sites is 2. The second-order valence-electron chi connectivity index (χ2n) is 9.62. The van der Waals surface area contributed by atoms with Gasteiger partial charge in [-0.2, -0.15) is 0 Å². The van der Waals surface area contributed by atoms with E-state index in [2.05, 4.69) is 0 Å². The molecule has 0 radical (unpaired) electrons. The molecular weight excluding hydrogens is 503 g/mol. The zero-order valence-electron chi connectivity index (χ0n) is 21.7. The predicted octanol–water partition coefficient (Wildman–Crippen LogP) is 3.22. The molecule has 0 amide bonds. The van der Waals surface area contributed by atoms with Crippen LogP contribution in [0.15, 0.2) is 64.5 Å². The lowest BCUT2D eigenvalue weighted by Gasteiger charge is -2.24. The molecule has 0 saturated carbocycles. The molecule has 1 N–H and O–H groups in total. The number of carbonyl (C=O) groups is 1. The second kappa shape index (κ2) is 11.6. The number of nitrogens with zero attached hydrogens (tertiary/aromatic N) is 3. The van der Waals surface area contributed by atoms with Crippen LogP contribution in [0.25, 0.3) is 16.6 Å². The Bertz CT molecular complexity index is 1520. The first kappa shape index (κ1) is 26.3. The Kier molecular flexibility index (Phi) is 8.06. The number of rotatable bonds is 9. The molecule has 3 heterocycles. The lowest BCUT2D eigenvalue weighted by molar-refractivity contribution is -0.908. The lowest BCUT2D eigenvalue weighted by atomic mass is 10.2. The first-order valence-corrected chi connectivity index (χ1v) is 13.9. The van der Waals surface area contributed by atoms with Gasteiger partial charge in [0.15, 0.2) is 10.9 Å². The smallest absolute Gasteiger partial charge is 0.262 e. The number of Topliss-reactive ketones (excluding diaryl/α,β-unsaturated/α-hetero) is 1. The van der Waals surface area contributed by atoms with Crippen LogP contribution < -0.4 is 10.5 Å². The summed E-state index contributed by atoms with van der Waals surface area (Å²) in [5.41, 5.74) is 2.98. The lowest BCUT2D eigenvalue weighted by Crippen LogP contribution is -3.14. The van der Waals surface area contributed by atoms with E-state index in [0.717, 1.165) is 45.0 Å². The largest absolute Gasteiger partial charge is 0.370 e. The summed E-state index contributed by atoms with van der Waals surface area (Å²) in [4.78, 5) is 33.0. The van der Waals surface area contributed by atoms with Crippen molar-refractivity contribution in [2.75, 3.05) is 38.6 Å². The first-order valence-electron chi connectivity index (χ1n) is 12.9. The minimum Gasteiger partial charge on any atom is -0.370 e. The number of fused-ring (bicyclic) bond motifs is 1. The van der Waals surface area contributed by atoms with Gasteiger partial charge in [-0.3, -0.25) is 14.2 Å². The molecule has 1 aliphatic heterocycles. The summed E-state index contributed by atoms with van der Waals surface area (Å²) in [6.45, 7) is 8.69. The Balaban J connectivity index is 1.37. The Morgan fingerprint density at radius 2 is 1.84 bits per heavy atom. The number of hydrogen-bond acceptors (Lipinski definition) is 5. The quantitative estimate of drug-likeness (QED) is 0.203. The minimum atomic E-state index is -0.342. The van der Waals surface area contributed by atoms with E-state index in [-0.39, 0.29) is 22.9 Å². The predicted molar refractivity (Wildman–Crippen MR) is 147 cm³/mol. The normalized spacial score (nSPS) is 14.3. The van der Waals surface area contributed by atoms with E-state index in [1.54, 1.807) is 39.5 Å². The van der Waals surface area contributed by atoms with Gasteiger partial charge in [0.25, 0.3) is 5.56 Å². The van der Waals surface area contributed by atoms with Crippen molar-refractivity contribution in [1.29, 1.82) is 0 Å². The molecule has 38 heavy (non-hydrogen) atoms. The summed E-state index contributed by atoms with van der Waals surface area (Å²) in [6, 6.07) is 15.7. The molecule has 1 fully saturated rings. The van der Waals surface area contributed by atoms with Gasteiger partial charge in [-0.1, -0.05) is 36.0 Å². The van der Waals surface area contributed by atoms with Crippen molar-refractivity contribution in [3.05, 3.63) is 87.7 Å². The molecule has 0 unspecified atom stereocenters. The third-order valence-corrected chi connectivity index (χ3v) is 8.07. The fourth-order valence-corrected chi connectivity index (χ4v) is 6.02. The number of aryl methyl sites for hydroxylation is 1. The van der Waals surface area contributed by atoms with Crippen molar-refractivity contribution in [2.24, 2.45) is 0 Å². The van der Waals surface area contributed by atoms with Crippen LogP contribution >= 0.6 is 11.8 Å².